The predicted molar refractivity (Wildman–Crippen MR) is 136 cm³/mol. The van der Waals surface area contributed by atoms with Gasteiger partial charge in [0.25, 0.3) is 5.91 Å². The number of rotatable bonds is 7. The van der Waals surface area contributed by atoms with Gasteiger partial charge in [-0.2, -0.15) is 4.31 Å². The minimum absolute atomic E-state index is 0.0144. The van der Waals surface area contributed by atoms with Gasteiger partial charge in [0.05, 0.1) is 12.0 Å². The summed E-state index contributed by atoms with van der Waals surface area (Å²) in [5.74, 6) is -0.891. The molecule has 0 N–H and O–H groups in total. The fourth-order valence-corrected chi connectivity index (χ4v) is 6.13. The number of para-hydroxylation sites is 1. The maximum atomic E-state index is 13.2. The summed E-state index contributed by atoms with van der Waals surface area (Å²) in [7, 11) is -2.36. The molecule has 0 aromatic heterocycles. The summed E-state index contributed by atoms with van der Waals surface area (Å²) in [5, 5.41) is 0. The zero-order chi connectivity index (χ0) is 25.5. The van der Waals surface area contributed by atoms with Gasteiger partial charge >= 0.3 is 5.97 Å². The summed E-state index contributed by atoms with van der Waals surface area (Å²) in [5.41, 5.74) is 1.09. The monoisotopic (exact) mass is 515 g/mol. The van der Waals surface area contributed by atoms with Crippen LogP contribution in [0.5, 0.6) is 5.75 Å². The highest BCUT2D eigenvalue weighted by Crippen LogP contribution is 2.27. The Balaban J connectivity index is 1.38. The molecule has 0 radical (unpaired) electrons. The lowest BCUT2D eigenvalue weighted by Gasteiger charge is -2.36. The van der Waals surface area contributed by atoms with E-state index in [4.69, 9.17) is 9.47 Å². The molecular weight excluding hydrogens is 482 g/mol. The van der Waals surface area contributed by atoms with Gasteiger partial charge < -0.3 is 19.3 Å². The Bertz CT molecular complexity index is 1160. The van der Waals surface area contributed by atoms with E-state index in [1.54, 1.807) is 4.90 Å². The van der Waals surface area contributed by atoms with Crippen molar-refractivity contribution in [2.45, 2.75) is 30.6 Å². The first-order chi connectivity index (χ1) is 17.4. The number of hydrogen-bond donors (Lipinski definition) is 0. The van der Waals surface area contributed by atoms with Crippen LogP contribution < -0.4 is 9.64 Å². The van der Waals surface area contributed by atoms with Gasteiger partial charge in [-0.05, 0) is 43.2 Å². The summed E-state index contributed by atoms with van der Waals surface area (Å²) in [6, 6.07) is 14.2. The molecule has 2 fully saturated rings. The molecule has 2 aromatic carbocycles. The maximum absolute atomic E-state index is 13.2. The van der Waals surface area contributed by atoms with Crippen LogP contribution in [-0.4, -0.2) is 82.5 Å². The topological polar surface area (TPSA) is 96.5 Å². The number of hydrogen-bond acceptors (Lipinski definition) is 7. The Morgan fingerprint density at radius 3 is 2.17 bits per heavy atom. The van der Waals surface area contributed by atoms with Crippen LogP contribution in [0.15, 0.2) is 53.4 Å². The molecule has 0 spiro atoms. The molecule has 1 amide bonds. The minimum atomic E-state index is -3.75. The highest BCUT2D eigenvalue weighted by Gasteiger charge is 2.28. The number of carbonyl (C=O) groups is 2. The van der Waals surface area contributed by atoms with Crippen LogP contribution in [0.3, 0.4) is 0 Å². The van der Waals surface area contributed by atoms with Crippen LogP contribution in [0, 0.1) is 0 Å². The number of methoxy groups -OCH3 is 1. The zero-order valence-corrected chi connectivity index (χ0v) is 21.4. The summed E-state index contributed by atoms with van der Waals surface area (Å²) in [6.07, 6.45) is 3.63. The number of esters is 1. The van der Waals surface area contributed by atoms with Crippen LogP contribution in [0.25, 0.3) is 0 Å². The molecule has 194 valence electrons. The highest BCUT2D eigenvalue weighted by atomic mass is 32.2. The SMILES string of the molecule is COc1ccc(S(=O)(=O)N2CCCCCC2)cc1C(=O)OCC(=O)N1CCN(c2ccccc2)CC1. The number of carbonyl (C=O) groups excluding carboxylic acids is 2. The van der Waals surface area contributed by atoms with Crippen molar-refractivity contribution in [2.75, 3.05) is 57.9 Å². The Morgan fingerprint density at radius 1 is 0.861 bits per heavy atom. The molecule has 2 aliphatic heterocycles. The molecule has 2 heterocycles. The molecule has 0 saturated carbocycles. The quantitative estimate of drug-likeness (QED) is 0.523. The van der Waals surface area contributed by atoms with E-state index in [2.05, 4.69) is 4.90 Å². The van der Waals surface area contributed by atoms with Gasteiger partial charge in [0.15, 0.2) is 6.61 Å². The van der Waals surface area contributed by atoms with E-state index in [0.717, 1.165) is 31.4 Å². The van der Waals surface area contributed by atoms with Crippen molar-refractivity contribution in [1.29, 1.82) is 0 Å². The van der Waals surface area contributed by atoms with E-state index in [1.165, 1.54) is 29.6 Å². The van der Waals surface area contributed by atoms with Crippen LogP contribution in [0.1, 0.15) is 36.0 Å². The molecule has 0 unspecified atom stereocenters. The van der Waals surface area contributed by atoms with E-state index in [1.807, 2.05) is 30.3 Å². The van der Waals surface area contributed by atoms with Crippen molar-refractivity contribution in [2.24, 2.45) is 0 Å². The Kier molecular flexibility index (Phi) is 8.48. The maximum Gasteiger partial charge on any atom is 0.342 e. The Morgan fingerprint density at radius 2 is 1.53 bits per heavy atom. The third kappa shape index (κ3) is 5.99. The van der Waals surface area contributed by atoms with Crippen molar-refractivity contribution in [3.05, 3.63) is 54.1 Å². The van der Waals surface area contributed by atoms with E-state index < -0.39 is 22.6 Å². The first-order valence-corrected chi connectivity index (χ1v) is 13.8. The molecule has 0 aliphatic carbocycles. The zero-order valence-electron chi connectivity index (χ0n) is 20.6. The number of nitrogens with zero attached hydrogens (tertiary/aromatic N) is 3. The Hall–Kier alpha value is -3.11. The average molecular weight is 516 g/mol. The van der Waals surface area contributed by atoms with Gasteiger partial charge in [0, 0.05) is 45.0 Å². The molecule has 0 bridgehead atoms. The van der Waals surface area contributed by atoms with Crippen molar-refractivity contribution < 1.29 is 27.5 Å². The van der Waals surface area contributed by atoms with Crippen LogP contribution in [-0.2, 0) is 19.6 Å². The fraction of sp³-hybridized carbons (Fsp3) is 0.462. The molecule has 2 aliphatic rings. The van der Waals surface area contributed by atoms with Gasteiger partial charge in [-0.15, -0.1) is 0 Å². The molecule has 36 heavy (non-hydrogen) atoms. The van der Waals surface area contributed by atoms with Crippen LogP contribution in [0.4, 0.5) is 5.69 Å². The first kappa shape index (κ1) is 26.0. The number of ether oxygens (including phenoxy) is 2. The molecule has 2 saturated heterocycles. The molecule has 2 aromatic rings. The first-order valence-electron chi connectivity index (χ1n) is 12.3. The predicted octanol–water partition coefficient (Wildman–Crippen LogP) is 2.77. The van der Waals surface area contributed by atoms with Gasteiger partial charge in [0.2, 0.25) is 10.0 Å². The van der Waals surface area contributed by atoms with Crippen molar-refractivity contribution in [1.82, 2.24) is 9.21 Å². The third-order valence-electron chi connectivity index (χ3n) is 6.67. The number of anilines is 1. The number of amides is 1. The van der Waals surface area contributed by atoms with Crippen LogP contribution in [0.2, 0.25) is 0 Å². The lowest BCUT2D eigenvalue weighted by atomic mass is 10.2. The Labute approximate surface area is 212 Å². The standard InChI is InChI=1S/C26H33N3O6S/c1-34-24-12-11-22(36(32,33)29-13-7-2-3-8-14-29)19-23(24)26(31)35-20-25(30)28-17-15-27(16-18-28)21-9-5-4-6-10-21/h4-6,9-12,19H,2-3,7-8,13-18,20H2,1H3. The number of sulfonamides is 1. The van der Waals surface area contributed by atoms with E-state index in [-0.39, 0.29) is 22.1 Å². The number of benzene rings is 2. The summed E-state index contributed by atoms with van der Waals surface area (Å²) >= 11 is 0. The van der Waals surface area contributed by atoms with Crippen molar-refractivity contribution >= 4 is 27.6 Å². The summed E-state index contributed by atoms with van der Waals surface area (Å²) in [4.78, 5) is 29.5. The lowest BCUT2D eigenvalue weighted by molar-refractivity contribution is -0.134. The van der Waals surface area contributed by atoms with E-state index >= 15 is 0 Å². The highest BCUT2D eigenvalue weighted by molar-refractivity contribution is 7.89. The number of piperazine rings is 1. The van der Waals surface area contributed by atoms with Gasteiger partial charge in [-0.3, -0.25) is 4.79 Å². The van der Waals surface area contributed by atoms with E-state index in [0.29, 0.717) is 39.3 Å². The molecule has 10 heteroatoms. The molecule has 4 rings (SSSR count). The second-order valence-corrected chi connectivity index (χ2v) is 10.9. The second-order valence-electron chi connectivity index (χ2n) is 8.96. The van der Waals surface area contributed by atoms with Crippen LogP contribution >= 0.6 is 0 Å². The van der Waals surface area contributed by atoms with E-state index in [9.17, 15) is 18.0 Å². The van der Waals surface area contributed by atoms with Gasteiger partial charge in [-0.1, -0.05) is 31.0 Å². The third-order valence-corrected chi connectivity index (χ3v) is 8.57. The van der Waals surface area contributed by atoms with Gasteiger partial charge in [0.1, 0.15) is 11.3 Å². The van der Waals surface area contributed by atoms with Crippen molar-refractivity contribution in [3.63, 3.8) is 0 Å². The fourth-order valence-electron chi connectivity index (χ4n) is 4.59. The summed E-state index contributed by atoms with van der Waals surface area (Å²) < 4.78 is 38.4. The summed E-state index contributed by atoms with van der Waals surface area (Å²) in [6.45, 7) is 2.93. The molecule has 9 nitrogen and oxygen atoms in total. The smallest absolute Gasteiger partial charge is 0.342 e. The average Bonchev–Trinajstić information content (AvgIpc) is 3.22. The van der Waals surface area contributed by atoms with Crippen molar-refractivity contribution in [3.8, 4) is 5.75 Å². The lowest BCUT2D eigenvalue weighted by Crippen LogP contribution is -2.49. The second kappa shape index (κ2) is 11.7. The largest absolute Gasteiger partial charge is 0.496 e. The normalized spacial score (nSPS) is 17.4. The minimum Gasteiger partial charge on any atom is -0.496 e. The molecule has 0 atom stereocenters. The molecular formula is C26H33N3O6S. The van der Waals surface area contributed by atoms with Gasteiger partial charge in [-0.25, -0.2) is 13.2 Å².